The minimum atomic E-state index is -0.872. The first-order valence-corrected chi connectivity index (χ1v) is 6.90. The van der Waals surface area contributed by atoms with Crippen LogP contribution < -0.4 is 4.90 Å². The largest absolute Gasteiger partial charge is 0.481 e. The number of nitrogens with zero attached hydrogens (tertiary/aromatic N) is 3. The Bertz CT molecular complexity index is 497. The third kappa shape index (κ3) is 3.34. The summed E-state index contributed by atoms with van der Waals surface area (Å²) in [5, 5.41) is 19.7. The SMILES string of the molecule is O=C(O)CC1CSCCN1c1cc([N+](=O)[O-])ccn1. The van der Waals surface area contributed by atoms with Gasteiger partial charge in [0.1, 0.15) is 5.82 Å². The zero-order chi connectivity index (χ0) is 13.8. The molecule has 1 aliphatic heterocycles. The number of thioether (sulfide) groups is 1. The van der Waals surface area contributed by atoms with Crippen LogP contribution in [-0.2, 0) is 4.79 Å². The molecule has 0 saturated carbocycles. The Hall–Kier alpha value is -1.83. The molecule has 1 N–H and O–H groups in total. The highest BCUT2D eigenvalue weighted by molar-refractivity contribution is 7.99. The Kier molecular flexibility index (Phi) is 4.20. The monoisotopic (exact) mass is 283 g/mol. The fraction of sp³-hybridized carbons (Fsp3) is 0.455. The molecule has 1 saturated heterocycles. The summed E-state index contributed by atoms with van der Waals surface area (Å²) in [5.41, 5.74) is -0.0303. The number of nitro groups is 1. The average Bonchev–Trinajstić information content (AvgIpc) is 2.39. The van der Waals surface area contributed by atoms with Crippen LogP contribution in [0.1, 0.15) is 6.42 Å². The molecule has 0 aromatic carbocycles. The van der Waals surface area contributed by atoms with Gasteiger partial charge in [0.25, 0.3) is 5.69 Å². The second-order valence-corrected chi connectivity index (χ2v) is 5.30. The van der Waals surface area contributed by atoms with Gasteiger partial charge in [-0.2, -0.15) is 11.8 Å². The van der Waals surface area contributed by atoms with Crippen LogP contribution in [0.5, 0.6) is 0 Å². The van der Waals surface area contributed by atoms with Gasteiger partial charge in [-0.15, -0.1) is 0 Å². The number of pyridine rings is 1. The predicted molar refractivity (Wildman–Crippen MR) is 71.6 cm³/mol. The van der Waals surface area contributed by atoms with Gasteiger partial charge in [-0.25, -0.2) is 4.98 Å². The average molecular weight is 283 g/mol. The predicted octanol–water partition coefficient (Wildman–Crippen LogP) is 1.39. The molecule has 0 spiro atoms. The number of carboxylic acid groups (broad SMARTS) is 1. The van der Waals surface area contributed by atoms with E-state index >= 15 is 0 Å². The standard InChI is InChI=1S/C11H13N3O4S/c15-11(16)6-9-7-19-4-3-13(9)10-5-8(14(17)18)1-2-12-10/h1-2,5,9H,3-4,6-7H2,(H,15,16). The Morgan fingerprint density at radius 1 is 1.68 bits per heavy atom. The molecular weight excluding hydrogens is 270 g/mol. The fourth-order valence-corrected chi connectivity index (χ4v) is 3.07. The van der Waals surface area contributed by atoms with Gasteiger partial charge in [0.2, 0.25) is 0 Å². The summed E-state index contributed by atoms with van der Waals surface area (Å²) in [6.45, 7) is 0.650. The van der Waals surface area contributed by atoms with Gasteiger partial charge >= 0.3 is 5.97 Å². The van der Waals surface area contributed by atoms with Crippen LogP contribution >= 0.6 is 11.8 Å². The van der Waals surface area contributed by atoms with Gasteiger partial charge in [0.05, 0.1) is 17.4 Å². The molecule has 0 amide bonds. The summed E-state index contributed by atoms with van der Waals surface area (Å²) in [6, 6.07) is 2.55. The summed E-state index contributed by atoms with van der Waals surface area (Å²) in [7, 11) is 0. The maximum atomic E-state index is 10.9. The Labute approximate surface area is 113 Å². The van der Waals surface area contributed by atoms with Crippen LogP contribution in [0, 0.1) is 10.1 Å². The van der Waals surface area contributed by atoms with Crippen molar-refractivity contribution >= 4 is 29.2 Å². The zero-order valence-electron chi connectivity index (χ0n) is 10.1. The minimum absolute atomic E-state index is 0.0113. The van der Waals surface area contributed by atoms with E-state index in [1.165, 1.54) is 18.3 Å². The van der Waals surface area contributed by atoms with Crippen LogP contribution in [0.4, 0.5) is 11.5 Å². The van der Waals surface area contributed by atoms with Crippen molar-refractivity contribution in [2.75, 3.05) is 23.0 Å². The van der Waals surface area contributed by atoms with Gasteiger partial charge in [-0.05, 0) is 0 Å². The highest BCUT2D eigenvalue weighted by Crippen LogP contribution is 2.26. The van der Waals surface area contributed by atoms with Gasteiger partial charge in [0, 0.05) is 36.4 Å². The molecule has 2 rings (SSSR count). The quantitative estimate of drug-likeness (QED) is 0.658. The van der Waals surface area contributed by atoms with E-state index < -0.39 is 10.9 Å². The van der Waals surface area contributed by atoms with Gasteiger partial charge in [0.15, 0.2) is 0 Å². The normalized spacial score (nSPS) is 19.2. The number of aliphatic carboxylic acids is 1. The van der Waals surface area contributed by atoms with Gasteiger partial charge < -0.3 is 10.0 Å². The molecule has 1 fully saturated rings. The van der Waals surface area contributed by atoms with Crippen LogP contribution in [0.25, 0.3) is 0 Å². The number of rotatable bonds is 4. The first-order chi connectivity index (χ1) is 9.08. The molecule has 102 valence electrons. The second-order valence-electron chi connectivity index (χ2n) is 4.15. The lowest BCUT2D eigenvalue weighted by Gasteiger charge is -2.35. The number of hydrogen-bond acceptors (Lipinski definition) is 6. The maximum absolute atomic E-state index is 10.9. The summed E-state index contributed by atoms with van der Waals surface area (Å²) in [4.78, 5) is 27.1. The summed E-state index contributed by atoms with van der Waals surface area (Å²) < 4.78 is 0. The highest BCUT2D eigenvalue weighted by atomic mass is 32.2. The highest BCUT2D eigenvalue weighted by Gasteiger charge is 2.26. The third-order valence-corrected chi connectivity index (χ3v) is 3.96. The van der Waals surface area contributed by atoms with Crippen molar-refractivity contribution in [2.24, 2.45) is 0 Å². The van der Waals surface area contributed by atoms with Crippen molar-refractivity contribution in [2.45, 2.75) is 12.5 Å². The molecule has 1 unspecified atom stereocenters. The molecule has 1 aliphatic rings. The fourth-order valence-electron chi connectivity index (χ4n) is 2.01. The number of anilines is 1. The van der Waals surface area contributed by atoms with Crippen LogP contribution in [0.2, 0.25) is 0 Å². The van der Waals surface area contributed by atoms with E-state index in [1.54, 1.807) is 11.8 Å². The Morgan fingerprint density at radius 2 is 2.47 bits per heavy atom. The van der Waals surface area contributed by atoms with Crippen molar-refractivity contribution < 1.29 is 14.8 Å². The lowest BCUT2D eigenvalue weighted by atomic mass is 10.2. The van der Waals surface area contributed by atoms with Crippen molar-refractivity contribution in [1.29, 1.82) is 0 Å². The summed E-state index contributed by atoms with van der Waals surface area (Å²) >= 11 is 1.69. The molecule has 0 aliphatic carbocycles. The Balaban J connectivity index is 2.24. The van der Waals surface area contributed by atoms with E-state index in [1.807, 2.05) is 4.90 Å². The van der Waals surface area contributed by atoms with Crippen molar-refractivity contribution in [1.82, 2.24) is 4.98 Å². The number of hydrogen-bond donors (Lipinski definition) is 1. The van der Waals surface area contributed by atoms with Crippen molar-refractivity contribution in [3.8, 4) is 0 Å². The molecule has 1 atom stereocenters. The van der Waals surface area contributed by atoms with Crippen molar-refractivity contribution in [3.63, 3.8) is 0 Å². The van der Waals surface area contributed by atoms with E-state index in [4.69, 9.17) is 5.11 Å². The lowest BCUT2D eigenvalue weighted by Crippen LogP contribution is -2.44. The molecule has 1 aromatic heterocycles. The molecule has 0 radical (unpaired) electrons. The van der Waals surface area contributed by atoms with Crippen molar-refractivity contribution in [3.05, 3.63) is 28.4 Å². The van der Waals surface area contributed by atoms with Gasteiger partial charge in [-0.1, -0.05) is 0 Å². The number of carbonyl (C=O) groups is 1. The van der Waals surface area contributed by atoms with Crippen LogP contribution in [0.15, 0.2) is 18.3 Å². The molecule has 0 bridgehead atoms. The van der Waals surface area contributed by atoms with E-state index in [0.717, 1.165) is 5.75 Å². The second kappa shape index (κ2) is 5.87. The first kappa shape index (κ1) is 13.6. The summed E-state index contributed by atoms with van der Waals surface area (Å²) in [6.07, 6.45) is 1.39. The van der Waals surface area contributed by atoms with E-state index in [2.05, 4.69) is 4.98 Å². The van der Waals surface area contributed by atoms with E-state index in [0.29, 0.717) is 18.1 Å². The first-order valence-electron chi connectivity index (χ1n) is 5.74. The topological polar surface area (TPSA) is 96.6 Å². The number of carboxylic acids is 1. The molecule has 1 aromatic rings. The van der Waals surface area contributed by atoms with Crippen LogP contribution in [0.3, 0.4) is 0 Å². The maximum Gasteiger partial charge on any atom is 0.305 e. The molecule has 19 heavy (non-hydrogen) atoms. The van der Waals surface area contributed by atoms with E-state index in [-0.39, 0.29) is 18.2 Å². The minimum Gasteiger partial charge on any atom is -0.481 e. The van der Waals surface area contributed by atoms with Gasteiger partial charge in [-0.3, -0.25) is 14.9 Å². The zero-order valence-corrected chi connectivity index (χ0v) is 10.9. The third-order valence-electron chi connectivity index (χ3n) is 2.87. The molecule has 7 nitrogen and oxygen atoms in total. The smallest absolute Gasteiger partial charge is 0.305 e. The summed E-state index contributed by atoms with van der Waals surface area (Å²) in [5.74, 6) is 1.15. The van der Waals surface area contributed by atoms with Crippen LogP contribution in [-0.4, -0.2) is 45.1 Å². The molecule has 2 heterocycles. The molecule has 8 heteroatoms. The Morgan fingerprint density at radius 3 is 3.16 bits per heavy atom. The molecular formula is C11H13N3O4S. The van der Waals surface area contributed by atoms with E-state index in [9.17, 15) is 14.9 Å². The lowest BCUT2D eigenvalue weighted by molar-refractivity contribution is -0.384. The number of aromatic nitrogens is 1.